The van der Waals surface area contributed by atoms with Crippen LogP contribution in [0.25, 0.3) is 0 Å². The molecule has 0 aliphatic rings. The molecule has 0 atom stereocenters. The second kappa shape index (κ2) is 3.95. The molecule has 5 heteroatoms. The normalized spacial score (nSPS) is 9.64. The van der Waals surface area contributed by atoms with E-state index in [0.717, 1.165) is 6.08 Å². The van der Waals surface area contributed by atoms with Crippen molar-refractivity contribution in [3.63, 3.8) is 0 Å². The molecule has 0 fully saturated rings. The minimum absolute atomic E-state index is 0.411. The van der Waals surface area contributed by atoms with Crippen LogP contribution in [0, 0.1) is 17.5 Å². The van der Waals surface area contributed by atoms with E-state index in [1.165, 1.54) is 0 Å². The zero-order chi connectivity index (χ0) is 10.7. The van der Waals surface area contributed by atoms with E-state index in [0.29, 0.717) is 12.1 Å². The van der Waals surface area contributed by atoms with Crippen LogP contribution in [0.2, 0.25) is 0 Å². The Morgan fingerprint density at radius 1 is 1.29 bits per heavy atom. The van der Waals surface area contributed by atoms with Gasteiger partial charge >= 0.3 is 5.97 Å². The van der Waals surface area contributed by atoms with E-state index in [9.17, 15) is 18.0 Å². The van der Waals surface area contributed by atoms with Crippen LogP contribution in [0.15, 0.2) is 24.8 Å². The molecule has 0 amide bonds. The van der Waals surface area contributed by atoms with E-state index in [-0.39, 0.29) is 0 Å². The van der Waals surface area contributed by atoms with Crippen molar-refractivity contribution in [3.8, 4) is 5.75 Å². The molecule has 0 radical (unpaired) electrons. The van der Waals surface area contributed by atoms with Crippen LogP contribution < -0.4 is 4.74 Å². The number of ether oxygens (including phenoxy) is 1. The molecule has 0 aromatic heterocycles. The molecule has 0 saturated heterocycles. The number of carbonyl (C=O) groups is 1. The summed E-state index contributed by atoms with van der Waals surface area (Å²) in [6.07, 6.45) is 0.738. The number of esters is 1. The Balaban J connectivity index is 3.08. The maximum atomic E-state index is 12.8. The van der Waals surface area contributed by atoms with E-state index in [4.69, 9.17) is 0 Å². The molecule has 14 heavy (non-hydrogen) atoms. The third-order valence-electron chi connectivity index (χ3n) is 1.33. The van der Waals surface area contributed by atoms with Gasteiger partial charge in [0.1, 0.15) is 5.82 Å². The molecular formula is C9H5F3O2. The number of benzene rings is 1. The minimum atomic E-state index is -1.28. The molecule has 1 rings (SSSR count). The quantitative estimate of drug-likeness (QED) is 0.417. The lowest BCUT2D eigenvalue weighted by molar-refractivity contribution is -0.129. The largest absolute Gasteiger partial charge is 0.417 e. The number of hydrogen-bond acceptors (Lipinski definition) is 2. The Labute approximate surface area is 77.6 Å². The van der Waals surface area contributed by atoms with Gasteiger partial charge in [-0.25, -0.2) is 18.0 Å². The van der Waals surface area contributed by atoms with Crippen molar-refractivity contribution in [1.29, 1.82) is 0 Å². The van der Waals surface area contributed by atoms with Gasteiger partial charge in [-0.3, -0.25) is 0 Å². The van der Waals surface area contributed by atoms with Crippen LogP contribution in [0.3, 0.4) is 0 Å². The van der Waals surface area contributed by atoms with Crippen molar-refractivity contribution in [2.75, 3.05) is 0 Å². The van der Waals surface area contributed by atoms with E-state index in [2.05, 4.69) is 11.3 Å². The molecule has 1 aromatic rings. The topological polar surface area (TPSA) is 26.3 Å². The van der Waals surface area contributed by atoms with Gasteiger partial charge in [0.15, 0.2) is 11.6 Å². The van der Waals surface area contributed by atoms with Crippen molar-refractivity contribution in [1.82, 2.24) is 0 Å². The maximum Gasteiger partial charge on any atom is 0.335 e. The first kappa shape index (κ1) is 10.3. The second-order valence-corrected chi connectivity index (χ2v) is 2.32. The summed E-state index contributed by atoms with van der Waals surface area (Å²) in [5, 5.41) is 0. The van der Waals surface area contributed by atoms with Gasteiger partial charge in [0.25, 0.3) is 0 Å². The molecule has 0 unspecified atom stereocenters. The van der Waals surface area contributed by atoms with Crippen molar-refractivity contribution in [2.45, 2.75) is 0 Å². The van der Waals surface area contributed by atoms with E-state index >= 15 is 0 Å². The Morgan fingerprint density at radius 3 is 2.21 bits per heavy atom. The zero-order valence-corrected chi connectivity index (χ0v) is 6.89. The van der Waals surface area contributed by atoms with Gasteiger partial charge in [0.05, 0.1) is 0 Å². The highest BCUT2D eigenvalue weighted by Crippen LogP contribution is 2.22. The van der Waals surface area contributed by atoms with Crippen molar-refractivity contribution >= 4 is 5.97 Å². The Bertz CT molecular complexity index is 365. The maximum absolute atomic E-state index is 12.8. The summed E-state index contributed by atoms with van der Waals surface area (Å²) < 4.78 is 42.2. The van der Waals surface area contributed by atoms with Crippen LogP contribution in [0.1, 0.15) is 0 Å². The second-order valence-electron chi connectivity index (χ2n) is 2.32. The van der Waals surface area contributed by atoms with Crippen molar-refractivity contribution < 1.29 is 22.7 Å². The zero-order valence-electron chi connectivity index (χ0n) is 6.89. The van der Waals surface area contributed by atoms with Crippen LogP contribution in [0.4, 0.5) is 13.2 Å². The fourth-order valence-electron chi connectivity index (χ4n) is 0.769. The average molecular weight is 202 g/mol. The Kier molecular flexibility index (Phi) is 2.91. The van der Waals surface area contributed by atoms with Crippen LogP contribution >= 0.6 is 0 Å². The van der Waals surface area contributed by atoms with E-state index < -0.39 is 29.2 Å². The molecular weight excluding hydrogens is 197 g/mol. The van der Waals surface area contributed by atoms with Crippen LogP contribution in [0.5, 0.6) is 5.75 Å². The first-order valence-corrected chi connectivity index (χ1v) is 3.53. The Morgan fingerprint density at radius 2 is 1.79 bits per heavy atom. The molecule has 1 aromatic carbocycles. The molecule has 0 aliphatic heterocycles. The number of hydrogen-bond donors (Lipinski definition) is 0. The summed E-state index contributed by atoms with van der Waals surface area (Å²) in [5.74, 6) is -5.60. The molecule has 2 nitrogen and oxygen atoms in total. The van der Waals surface area contributed by atoms with Gasteiger partial charge in [-0.15, -0.1) is 0 Å². The van der Waals surface area contributed by atoms with E-state index in [1.54, 1.807) is 0 Å². The van der Waals surface area contributed by atoms with Gasteiger partial charge in [-0.1, -0.05) is 6.58 Å². The first-order valence-electron chi connectivity index (χ1n) is 3.53. The number of carbonyl (C=O) groups excluding carboxylic acids is 1. The van der Waals surface area contributed by atoms with E-state index in [1.807, 2.05) is 0 Å². The van der Waals surface area contributed by atoms with Gasteiger partial charge in [-0.05, 0) is 0 Å². The van der Waals surface area contributed by atoms with Crippen molar-refractivity contribution in [2.24, 2.45) is 0 Å². The summed E-state index contributed by atoms with van der Waals surface area (Å²) in [6.45, 7) is 3.04. The lowest BCUT2D eigenvalue weighted by Crippen LogP contribution is -2.06. The third-order valence-corrected chi connectivity index (χ3v) is 1.33. The summed E-state index contributed by atoms with van der Waals surface area (Å²) >= 11 is 0. The van der Waals surface area contributed by atoms with Crippen LogP contribution in [-0.2, 0) is 4.79 Å². The standard InChI is InChI=1S/C9H5F3O2/c1-2-8(13)14-9-6(11)3-5(10)4-7(9)12/h2-4H,1H2. The summed E-state index contributed by atoms with van der Waals surface area (Å²) in [6, 6.07) is 0.823. The molecule has 0 heterocycles. The monoisotopic (exact) mass is 202 g/mol. The van der Waals surface area contributed by atoms with Crippen LogP contribution in [-0.4, -0.2) is 5.97 Å². The SMILES string of the molecule is C=CC(=O)Oc1c(F)cc(F)cc1F. The molecule has 0 bridgehead atoms. The first-order chi connectivity index (χ1) is 6.54. The highest BCUT2D eigenvalue weighted by molar-refractivity contribution is 5.83. The minimum Gasteiger partial charge on any atom is -0.417 e. The smallest absolute Gasteiger partial charge is 0.335 e. The average Bonchev–Trinajstić information content (AvgIpc) is 2.10. The molecule has 0 N–H and O–H groups in total. The summed E-state index contributed by atoms with van der Waals surface area (Å²) in [5.41, 5.74) is 0. The highest BCUT2D eigenvalue weighted by Gasteiger charge is 2.14. The Hall–Kier alpha value is -1.78. The fraction of sp³-hybridized carbons (Fsp3) is 0. The predicted molar refractivity (Wildman–Crippen MR) is 42.1 cm³/mol. The molecule has 74 valence electrons. The number of halogens is 3. The highest BCUT2D eigenvalue weighted by atomic mass is 19.1. The van der Waals surface area contributed by atoms with Gasteiger partial charge in [0, 0.05) is 18.2 Å². The number of rotatable bonds is 2. The van der Waals surface area contributed by atoms with Crippen molar-refractivity contribution in [3.05, 3.63) is 42.2 Å². The fourth-order valence-corrected chi connectivity index (χ4v) is 0.769. The molecule has 0 spiro atoms. The lowest BCUT2D eigenvalue weighted by Gasteiger charge is -2.03. The lowest BCUT2D eigenvalue weighted by atomic mass is 10.3. The van der Waals surface area contributed by atoms with Gasteiger partial charge in [0.2, 0.25) is 5.75 Å². The molecule has 0 saturated carbocycles. The van der Waals surface area contributed by atoms with Gasteiger partial charge in [-0.2, -0.15) is 0 Å². The summed E-state index contributed by atoms with van der Waals surface area (Å²) in [7, 11) is 0. The summed E-state index contributed by atoms with van der Waals surface area (Å²) in [4.78, 5) is 10.6. The predicted octanol–water partition coefficient (Wildman–Crippen LogP) is 2.20. The molecule has 0 aliphatic carbocycles. The third kappa shape index (κ3) is 2.12. The van der Waals surface area contributed by atoms with Gasteiger partial charge < -0.3 is 4.74 Å².